The van der Waals surface area contributed by atoms with Crippen LogP contribution in [0, 0.1) is 20.8 Å². The largest absolute Gasteiger partial charge is 0.493 e. The minimum atomic E-state index is -0.245. The van der Waals surface area contributed by atoms with Gasteiger partial charge in [0.05, 0.1) is 26.4 Å². The van der Waals surface area contributed by atoms with Crippen molar-refractivity contribution in [3.05, 3.63) is 46.3 Å². The quantitative estimate of drug-likeness (QED) is 0.715. The van der Waals surface area contributed by atoms with E-state index in [0.29, 0.717) is 12.2 Å². The van der Waals surface area contributed by atoms with E-state index in [2.05, 4.69) is 4.57 Å². The highest BCUT2D eigenvalue weighted by molar-refractivity contribution is 5.93. The van der Waals surface area contributed by atoms with Crippen LogP contribution in [0.2, 0.25) is 0 Å². The minimum absolute atomic E-state index is 0.245. The molecule has 0 aliphatic carbocycles. The van der Waals surface area contributed by atoms with Gasteiger partial charge in [-0.25, -0.2) is 4.79 Å². The van der Waals surface area contributed by atoms with Crippen molar-refractivity contribution in [1.29, 1.82) is 0 Å². The highest BCUT2D eigenvalue weighted by Gasteiger charge is 2.21. The Labute approximate surface area is 149 Å². The van der Waals surface area contributed by atoms with Crippen LogP contribution < -0.4 is 9.47 Å². The zero-order chi connectivity index (χ0) is 18.6. The molecule has 1 aromatic carbocycles. The maximum absolute atomic E-state index is 12.2. The number of rotatable bonds is 7. The third-order valence-corrected chi connectivity index (χ3v) is 4.64. The van der Waals surface area contributed by atoms with Crippen LogP contribution in [0.25, 0.3) is 0 Å². The topological polar surface area (TPSA) is 49.7 Å². The standard InChI is InChI=1S/C20H27NO4/c1-7-25-20(22)19-13(2)14(3)21(15(19)4)11-10-16-8-9-17(23-5)18(12-16)24-6/h8-9,12H,7,10-11H2,1-6H3. The number of methoxy groups -OCH3 is 2. The Balaban J connectivity index is 2.24. The molecule has 1 aromatic heterocycles. The van der Waals surface area contributed by atoms with Gasteiger partial charge in [0.1, 0.15) is 0 Å². The first-order chi connectivity index (χ1) is 11.9. The number of aromatic nitrogens is 1. The number of aryl methyl sites for hydroxylation is 1. The van der Waals surface area contributed by atoms with Crippen molar-refractivity contribution in [3.8, 4) is 11.5 Å². The lowest BCUT2D eigenvalue weighted by atomic mass is 10.1. The summed E-state index contributed by atoms with van der Waals surface area (Å²) in [5.41, 5.74) is 4.88. The SMILES string of the molecule is CCOC(=O)c1c(C)c(C)n(CCc2ccc(OC)c(OC)c2)c1C. The molecule has 0 spiro atoms. The van der Waals surface area contributed by atoms with Gasteiger partial charge in [-0.15, -0.1) is 0 Å². The summed E-state index contributed by atoms with van der Waals surface area (Å²) in [6.45, 7) is 8.98. The van der Waals surface area contributed by atoms with Crippen LogP contribution in [0.3, 0.4) is 0 Å². The number of ether oxygens (including phenoxy) is 3. The highest BCUT2D eigenvalue weighted by atomic mass is 16.5. The predicted octanol–water partition coefficient (Wildman–Crippen LogP) is 3.85. The van der Waals surface area contributed by atoms with Crippen LogP contribution in [0.4, 0.5) is 0 Å². The first-order valence-corrected chi connectivity index (χ1v) is 8.48. The molecule has 136 valence electrons. The molecule has 5 nitrogen and oxygen atoms in total. The van der Waals surface area contributed by atoms with Crippen LogP contribution >= 0.6 is 0 Å². The molecule has 0 amide bonds. The van der Waals surface area contributed by atoms with Crippen molar-refractivity contribution in [1.82, 2.24) is 4.57 Å². The molecule has 2 aromatic rings. The zero-order valence-electron chi connectivity index (χ0n) is 15.9. The lowest BCUT2D eigenvalue weighted by Crippen LogP contribution is -2.09. The van der Waals surface area contributed by atoms with E-state index in [9.17, 15) is 4.79 Å². The maximum atomic E-state index is 12.2. The molecule has 0 atom stereocenters. The molecule has 0 N–H and O–H groups in total. The fraction of sp³-hybridized carbons (Fsp3) is 0.450. The summed E-state index contributed by atoms with van der Waals surface area (Å²) < 4.78 is 18.0. The first-order valence-electron chi connectivity index (χ1n) is 8.48. The van der Waals surface area contributed by atoms with Gasteiger partial charge in [-0.3, -0.25) is 0 Å². The van der Waals surface area contributed by atoms with E-state index in [4.69, 9.17) is 14.2 Å². The van der Waals surface area contributed by atoms with Gasteiger partial charge < -0.3 is 18.8 Å². The Bertz CT molecular complexity index is 762. The molecule has 0 saturated carbocycles. The molecule has 2 rings (SSSR count). The Hall–Kier alpha value is -2.43. The summed E-state index contributed by atoms with van der Waals surface area (Å²) in [5.74, 6) is 1.20. The van der Waals surface area contributed by atoms with E-state index < -0.39 is 0 Å². The van der Waals surface area contributed by atoms with Crippen molar-refractivity contribution in [2.24, 2.45) is 0 Å². The number of hydrogen-bond acceptors (Lipinski definition) is 4. The lowest BCUT2D eigenvalue weighted by Gasteiger charge is -2.12. The molecule has 0 saturated heterocycles. The molecule has 0 aliphatic heterocycles. The van der Waals surface area contributed by atoms with Crippen LogP contribution in [0.5, 0.6) is 11.5 Å². The highest BCUT2D eigenvalue weighted by Crippen LogP contribution is 2.28. The summed E-state index contributed by atoms with van der Waals surface area (Å²) in [6.07, 6.45) is 0.832. The molecule has 5 heteroatoms. The third kappa shape index (κ3) is 3.81. The molecule has 0 fully saturated rings. The number of esters is 1. The van der Waals surface area contributed by atoms with E-state index >= 15 is 0 Å². The third-order valence-electron chi connectivity index (χ3n) is 4.64. The number of benzene rings is 1. The van der Waals surface area contributed by atoms with Crippen LogP contribution in [0.15, 0.2) is 18.2 Å². The molecule has 1 heterocycles. The van der Waals surface area contributed by atoms with Crippen LogP contribution in [-0.4, -0.2) is 31.4 Å². The Morgan fingerprint density at radius 3 is 2.32 bits per heavy atom. The fourth-order valence-electron chi connectivity index (χ4n) is 3.16. The van der Waals surface area contributed by atoms with E-state index in [1.54, 1.807) is 14.2 Å². The average molecular weight is 345 g/mol. The van der Waals surface area contributed by atoms with E-state index in [1.165, 1.54) is 0 Å². The second-order valence-electron chi connectivity index (χ2n) is 5.98. The van der Waals surface area contributed by atoms with Crippen molar-refractivity contribution in [2.45, 2.75) is 40.7 Å². The van der Waals surface area contributed by atoms with E-state index in [1.807, 2.05) is 45.9 Å². The normalized spacial score (nSPS) is 10.6. The number of hydrogen-bond donors (Lipinski definition) is 0. The van der Waals surface area contributed by atoms with Crippen molar-refractivity contribution in [3.63, 3.8) is 0 Å². The molecular weight excluding hydrogens is 318 g/mol. The lowest BCUT2D eigenvalue weighted by molar-refractivity contribution is 0.0524. The van der Waals surface area contributed by atoms with Crippen molar-refractivity contribution >= 4 is 5.97 Å². The van der Waals surface area contributed by atoms with E-state index in [-0.39, 0.29) is 5.97 Å². The first kappa shape index (κ1) is 18.9. The minimum Gasteiger partial charge on any atom is -0.493 e. The second-order valence-corrected chi connectivity index (χ2v) is 5.98. The summed E-state index contributed by atoms with van der Waals surface area (Å²) in [5, 5.41) is 0. The van der Waals surface area contributed by atoms with Gasteiger partial charge >= 0.3 is 5.97 Å². The molecule has 0 bridgehead atoms. The molecule has 0 unspecified atom stereocenters. The smallest absolute Gasteiger partial charge is 0.340 e. The summed E-state index contributed by atoms with van der Waals surface area (Å²) in [6, 6.07) is 5.94. The van der Waals surface area contributed by atoms with Gasteiger partial charge in [0, 0.05) is 17.9 Å². The van der Waals surface area contributed by atoms with Crippen LogP contribution in [0.1, 0.15) is 39.8 Å². The maximum Gasteiger partial charge on any atom is 0.340 e. The zero-order valence-corrected chi connectivity index (χ0v) is 15.9. The van der Waals surface area contributed by atoms with Crippen molar-refractivity contribution < 1.29 is 19.0 Å². The van der Waals surface area contributed by atoms with Crippen LogP contribution in [-0.2, 0) is 17.7 Å². The van der Waals surface area contributed by atoms with Crippen molar-refractivity contribution in [2.75, 3.05) is 20.8 Å². The number of carbonyl (C=O) groups excluding carboxylic acids is 1. The Morgan fingerprint density at radius 2 is 1.72 bits per heavy atom. The number of nitrogens with zero attached hydrogens (tertiary/aromatic N) is 1. The average Bonchev–Trinajstić information content (AvgIpc) is 2.82. The van der Waals surface area contributed by atoms with Gasteiger partial charge in [-0.05, 0) is 57.4 Å². The monoisotopic (exact) mass is 345 g/mol. The summed E-state index contributed by atoms with van der Waals surface area (Å²) in [4.78, 5) is 12.2. The van der Waals surface area contributed by atoms with Gasteiger partial charge in [0.2, 0.25) is 0 Å². The summed E-state index contributed by atoms with van der Waals surface area (Å²) >= 11 is 0. The second kappa shape index (κ2) is 8.10. The Kier molecular flexibility index (Phi) is 6.12. The fourth-order valence-corrected chi connectivity index (χ4v) is 3.16. The molecule has 0 radical (unpaired) electrons. The predicted molar refractivity (Wildman–Crippen MR) is 97.8 cm³/mol. The number of carbonyl (C=O) groups is 1. The van der Waals surface area contributed by atoms with Gasteiger partial charge in [-0.2, -0.15) is 0 Å². The Morgan fingerprint density at radius 1 is 1.04 bits per heavy atom. The summed E-state index contributed by atoms with van der Waals surface area (Å²) in [7, 11) is 3.26. The molecule has 0 aliphatic rings. The molecule has 25 heavy (non-hydrogen) atoms. The van der Waals surface area contributed by atoms with Gasteiger partial charge in [-0.1, -0.05) is 6.07 Å². The van der Waals surface area contributed by atoms with E-state index in [0.717, 1.165) is 47.0 Å². The molecular formula is C20H27NO4. The van der Waals surface area contributed by atoms with Gasteiger partial charge in [0.25, 0.3) is 0 Å². The van der Waals surface area contributed by atoms with Gasteiger partial charge in [0.15, 0.2) is 11.5 Å².